The van der Waals surface area contributed by atoms with E-state index in [1.165, 1.54) is 18.2 Å². The molecule has 0 spiro atoms. The average Bonchev–Trinajstić information content (AvgIpc) is 2.84. The molecule has 0 atom stereocenters. The average molecular weight is 507 g/mol. The Balaban J connectivity index is 1.65. The Bertz CT molecular complexity index is 1590. The molecule has 0 fully saturated rings. The number of nitroso groups, excluding NO2 is 1. The standard InChI is InChI=1S/C24H19ClN6O3S/c1-13-2-4-16(30-32)11-21(13)35(33,34)31-20-12-17-15(10-18(20)25)3-5-19-22(17)23(29-24(26)28-19)14-6-8-27-9-7-14/h2,4,6-12,31H,3,5H2,1H3,(H2,26,28,29). The smallest absolute Gasteiger partial charge is 0.262 e. The summed E-state index contributed by atoms with van der Waals surface area (Å²) in [6, 6.07) is 11.3. The van der Waals surface area contributed by atoms with Gasteiger partial charge in [0.15, 0.2) is 0 Å². The Kier molecular flexibility index (Phi) is 5.70. The first-order chi connectivity index (χ1) is 16.8. The summed E-state index contributed by atoms with van der Waals surface area (Å²) in [5, 5.41) is 3.09. The molecule has 2 heterocycles. The van der Waals surface area contributed by atoms with Gasteiger partial charge in [0.2, 0.25) is 5.95 Å². The summed E-state index contributed by atoms with van der Waals surface area (Å²) >= 11 is 6.51. The molecule has 1 aliphatic rings. The van der Waals surface area contributed by atoms with Gasteiger partial charge in [0.25, 0.3) is 10.0 Å². The molecular weight excluding hydrogens is 488 g/mol. The van der Waals surface area contributed by atoms with Crippen LogP contribution in [0.3, 0.4) is 0 Å². The van der Waals surface area contributed by atoms with Crippen molar-refractivity contribution in [1.82, 2.24) is 15.0 Å². The molecule has 2 aromatic heterocycles. The maximum absolute atomic E-state index is 13.2. The molecule has 0 saturated heterocycles. The summed E-state index contributed by atoms with van der Waals surface area (Å²) in [5.41, 5.74) is 11.4. The number of hydrogen-bond donors (Lipinski definition) is 2. The highest BCUT2D eigenvalue weighted by Crippen LogP contribution is 2.42. The lowest BCUT2D eigenvalue weighted by Gasteiger charge is -2.23. The molecule has 3 N–H and O–H groups in total. The van der Waals surface area contributed by atoms with Crippen molar-refractivity contribution in [2.75, 3.05) is 10.5 Å². The molecule has 176 valence electrons. The quantitative estimate of drug-likeness (QED) is 0.361. The Morgan fingerprint density at radius 1 is 1.06 bits per heavy atom. The third-order valence-electron chi connectivity index (χ3n) is 5.86. The molecule has 35 heavy (non-hydrogen) atoms. The number of fused-ring (bicyclic) bond motifs is 3. The highest BCUT2D eigenvalue weighted by molar-refractivity contribution is 7.92. The van der Waals surface area contributed by atoms with Gasteiger partial charge >= 0.3 is 0 Å². The number of hydrogen-bond acceptors (Lipinski definition) is 8. The number of nitrogens with one attached hydrogen (secondary N) is 1. The third-order valence-corrected chi connectivity index (χ3v) is 7.68. The topological polar surface area (TPSA) is 140 Å². The summed E-state index contributed by atoms with van der Waals surface area (Å²) < 4.78 is 29.0. The van der Waals surface area contributed by atoms with Crippen LogP contribution in [0.1, 0.15) is 16.8 Å². The summed E-state index contributed by atoms with van der Waals surface area (Å²) in [7, 11) is -4.06. The summed E-state index contributed by atoms with van der Waals surface area (Å²) in [5.74, 6) is 0.160. The fourth-order valence-corrected chi connectivity index (χ4v) is 5.85. The van der Waals surface area contributed by atoms with Crippen LogP contribution >= 0.6 is 11.6 Å². The van der Waals surface area contributed by atoms with Crippen molar-refractivity contribution >= 4 is 38.9 Å². The van der Waals surface area contributed by atoms with Crippen molar-refractivity contribution in [3.8, 4) is 22.4 Å². The van der Waals surface area contributed by atoms with Gasteiger partial charge in [0, 0.05) is 23.5 Å². The van der Waals surface area contributed by atoms with E-state index in [9.17, 15) is 13.3 Å². The predicted octanol–water partition coefficient (Wildman–Crippen LogP) is 5.05. The SMILES string of the molecule is Cc1ccc(N=O)cc1S(=O)(=O)Nc1cc2c(cc1Cl)CCc1nc(N)nc(-c3ccncc3)c1-2. The van der Waals surface area contributed by atoms with Crippen molar-refractivity contribution in [1.29, 1.82) is 0 Å². The van der Waals surface area contributed by atoms with Gasteiger partial charge in [0.1, 0.15) is 5.69 Å². The molecule has 0 saturated carbocycles. The van der Waals surface area contributed by atoms with Crippen molar-refractivity contribution in [2.45, 2.75) is 24.7 Å². The van der Waals surface area contributed by atoms with Gasteiger partial charge in [0.05, 0.1) is 27.0 Å². The number of benzene rings is 2. The Labute approximate surface area is 206 Å². The summed E-state index contributed by atoms with van der Waals surface area (Å²) in [4.78, 5) is 23.9. The number of aromatic nitrogens is 3. The summed E-state index contributed by atoms with van der Waals surface area (Å²) in [6.07, 6.45) is 4.62. The number of aryl methyl sites for hydroxylation is 3. The molecular formula is C24H19ClN6O3S. The van der Waals surface area contributed by atoms with Crippen LogP contribution in [0.2, 0.25) is 5.02 Å². The minimum atomic E-state index is -4.06. The molecule has 2 aromatic carbocycles. The van der Waals surface area contributed by atoms with Crippen LogP contribution in [0.5, 0.6) is 0 Å². The number of nitrogens with zero attached hydrogens (tertiary/aromatic N) is 4. The minimum Gasteiger partial charge on any atom is -0.368 e. The van der Waals surface area contributed by atoms with Crippen molar-refractivity contribution in [2.24, 2.45) is 5.18 Å². The molecule has 0 amide bonds. The normalized spacial score (nSPS) is 12.5. The van der Waals surface area contributed by atoms with E-state index in [0.29, 0.717) is 24.1 Å². The van der Waals surface area contributed by atoms with Gasteiger partial charge in [-0.25, -0.2) is 18.4 Å². The van der Waals surface area contributed by atoms with Gasteiger partial charge in [-0.3, -0.25) is 9.71 Å². The second-order valence-corrected chi connectivity index (χ2v) is 10.2. The highest BCUT2D eigenvalue weighted by atomic mass is 35.5. The number of pyridine rings is 1. The maximum Gasteiger partial charge on any atom is 0.262 e. The summed E-state index contributed by atoms with van der Waals surface area (Å²) in [6.45, 7) is 1.64. The third kappa shape index (κ3) is 4.22. The number of rotatable bonds is 5. The fraction of sp³-hybridized carbons (Fsp3) is 0.125. The molecule has 5 rings (SSSR count). The monoisotopic (exact) mass is 506 g/mol. The molecule has 0 bridgehead atoms. The van der Waals surface area contributed by atoms with Gasteiger partial charge in [-0.05, 0) is 78.0 Å². The molecule has 11 heteroatoms. The largest absolute Gasteiger partial charge is 0.368 e. The van der Waals surface area contributed by atoms with Crippen molar-refractivity contribution < 1.29 is 8.42 Å². The fourth-order valence-electron chi connectivity index (χ4n) is 4.23. The Morgan fingerprint density at radius 2 is 1.83 bits per heavy atom. The molecule has 9 nitrogen and oxygen atoms in total. The van der Waals surface area contributed by atoms with Crippen LogP contribution in [0, 0.1) is 11.8 Å². The van der Waals surface area contributed by atoms with E-state index in [-0.39, 0.29) is 27.2 Å². The number of nitrogens with two attached hydrogens (primary N) is 1. The van der Waals surface area contributed by atoms with Gasteiger partial charge in [-0.15, -0.1) is 4.91 Å². The van der Waals surface area contributed by atoms with Crippen molar-refractivity contribution in [3.05, 3.63) is 81.6 Å². The number of halogens is 1. The zero-order valence-electron chi connectivity index (χ0n) is 18.5. The van der Waals surface area contributed by atoms with E-state index in [1.807, 2.05) is 12.1 Å². The first kappa shape index (κ1) is 22.9. The lowest BCUT2D eigenvalue weighted by Crippen LogP contribution is -2.16. The first-order valence-corrected chi connectivity index (χ1v) is 12.5. The van der Waals surface area contributed by atoms with Crippen LogP contribution in [-0.4, -0.2) is 23.4 Å². The Hall–Kier alpha value is -3.89. The zero-order valence-corrected chi connectivity index (χ0v) is 20.1. The maximum atomic E-state index is 13.2. The van der Waals surface area contributed by atoms with E-state index >= 15 is 0 Å². The van der Waals surface area contributed by atoms with E-state index in [4.69, 9.17) is 17.3 Å². The van der Waals surface area contributed by atoms with Crippen molar-refractivity contribution in [3.63, 3.8) is 0 Å². The molecule has 1 aliphatic carbocycles. The van der Waals surface area contributed by atoms with Crippen LogP contribution < -0.4 is 10.5 Å². The molecule has 0 unspecified atom stereocenters. The molecule has 0 radical (unpaired) electrons. The second kappa shape index (κ2) is 8.71. The Morgan fingerprint density at radius 3 is 2.57 bits per heavy atom. The lowest BCUT2D eigenvalue weighted by molar-refractivity contribution is 0.600. The minimum absolute atomic E-state index is 0.0122. The zero-order chi connectivity index (χ0) is 24.7. The first-order valence-electron chi connectivity index (χ1n) is 10.6. The van der Waals surface area contributed by atoms with Gasteiger partial charge < -0.3 is 5.73 Å². The highest BCUT2D eigenvalue weighted by Gasteiger charge is 2.26. The van der Waals surface area contributed by atoms with E-state index < -0.39 is 10.0 Å². The second-order valence-electron chi connectivity index (χ2n) is 8.12. The molecule has 4 aromatic rings. The van der Waals surface area contributed by atoms with E-state index in [2.05, 4.69) is 24.9 Å². The lowest BCUT2D eigenvalue weighted by atomic mass is 9.86. The number of sulfonamides is 1. The predicted molar refractivity (Wildman–Crippen MR) is 135 cm³/mol. The van der Waals surface area contributed by atoms with Crippen LogP contribution in [0.25, 0.3) is 22.4 Å². The van der Waals surface area contributed by atoms with Crippen LogP contribution in [0.15, 0.2) is 64.9 Å². The van der Waals surface area contributed by atoms with Crippen LogP contribution in [0.4, 0.5) is 17.3 Å². The van der Waals surface area contributed by atoms with Crippen LogP contribution in [-0.2, 0) is 22.9 Å². The van der Waals surface area contributed by atoms with E-state index in [0.717, 1.165) is 27.9 Å². The number of nitrogen functional groups attached to an aromatic ring is 1. The molecule has 0 aliphatic heterocycles. The van der Waals surface area contributed by atoms with Gasteiger partial charge in [-0.1, -0.05) is 17.7 Å². The van der Waals surface area contributed by atoms with Gasteiger partial charge in [-0.2, -0.15) is 0 Å². The van der Waals surface area contributed by atoms with E-state index in [1.54, 1.807) is 31.5 Å². The number of anilines is 2.